The molecular formula is C16H17N3O3S. The number of aromatic nitrogens is 2. The summed E-state index contributed by atoms with van der Waals surface area (Å²) in [5.74, 6) is 0.746. The fourth-order valence-corrected chi connectivity index (χ4v) is 3.16. The highest BCUT2D eigenvalue weighted by molar-refractivity contribution is 7.90. The summed E-state index contributed by atoms with van der Waals surface area (Å²) in [5, 5.41) is 2.63. The molecule has 1 heterocycles. The predicted molar refractivity (Wildman–Crippen MR) is 86.2 cm³/mol. The Labute approximate surface area is 134 Å². The van der Waals surface area contributed by atoms with Gasteiger partial charge in [0.1, 0.15) is 5.82 Å². The number of hydrogen-bond donors (Lipinski definition) is 1. The van der Waals surface area contributed by atoms with E-state index in [0.717, 1.165) is 30.5 Å². The number of anilines is 1. The minimum absolute atomic E-state index is 0.0985. The Morgan fingerprint density at radius 1 is 1.22 bits per heavy atom. The SMILES string of the molecule is Cc1ccc(NC(=O)c2cnc(C3CC3)nc2)c(S(C)(=O)=O)c1. The molecule has 23 heavy (non-hydrogen) atoms. The summed E-state index contributed by atoms with van der Waals surface area (Å²) in [6.45, 7) is 1.80. The third kappa shape index (κ3) is 3.56. The standard InChI is InChI=1S/C16H17N3O3S/c1-10-3-6-13(14(7-10)23(2,21)22)19-16(20)12-8-17-15(18-9-12)11-4-5-11/h3,6-9,11H,4-5H2,1-2H3,(H,19,20). The van der Waals surface area contributed by atoms with Gasteiger partial charge in [0.2, 0.25) is 0 Å². The van der Waals surface area contributed by atoms with Gasteiger partial charge in [0, 0.05) is 24.6 Å². The molecule has 1 fully saturated rings. The van der Waals surface area contributed by atoms with E-state index in [4.69, 9.17) is 0 Å². The van der Waals surface area contributed by atoms with E-state index in [1.165, 1.54) is 18.5 Å². The first-order valence-corrected chi connectivity index (χ1v) is 9.18. The van der Waals surface area contributed by atoms with Crippen LogP contribution in [0.15, 0.2) is 35.5 Å². The fraction of sp³-hybridized carbons (Fsp3) is 0.312. The lowest BCUT2D eigenvalue weighted by molar-refractivity contribution is 0.102. The number of amides is 1. The van der Waals surface area contributed by atoms with Crippen LogP contribution in [0, 0.1) is 6.92 Å². The van der Waals surface area contributed by atoms with E-state index in [9.17, 15) is 13.2 Å². The van der Waals surface area contributed by atoms with Gasteiger partial charge >= 0.3 is 0 Å². The van der Waals surface area contributed by atoms with Gasteiger partial charge in [-0.2, -0.15) is 0 Å². The summed E-state index contributed by atoms with van der Waals surface area (Å²) in [6, 6.07) is 4.87. The van der Waals surface area contributed by atoms with E-state index >= 15 is 0 Å². The lowest BCUT2D eigenvalue weighted by Gasteiger charge is -2.10. The molecule has 7 heteroatoms. The molecular weight excluding hydrogens is 314 g/mol. The highest BCUT2D eigenvalue weighted by Crippen LogP contribution is 2.37. The number of rotatable bonds is 4. The van der Waals surface area contributed by atoms with Crippen LogP contribution in [0.3, 0.4) is 0 Å². The van der Waals surface area contributed by atoms with Crippen molar-refractivity contribution in [2.75, 3.05) is 11.6 Å². The van der Waals surface area contributed by atoms with E-state index in [1.54, 1.807) is 19.1 Å². The first-order valence-electron chi connectivity index (χ1n) is 7.28. The molecule has 0 atom stereocenters. The molecule has 0 bridgehead atoms. The van der Waals surface area contributed by atoms with Crippen LogP contribution in [0.25, 0.3) is 0 Å². The van der Waals surface area contributed by atoms with E-state index in [1.807, 2.05) is 0 Å². The molecule has 0 spiro atoms. The smallest absolute Gasteiger partial charge is 0.258 e. The first-order chi connectivity index (χ1) is 10.8. The largest absolute Gasteiger partial charge is 0.321 e. The average molecular weight is 331 g/mol. The van der Waals surface area contributed by atoms with Crippen LogP contribution in [-0.4, -0.2) is 30.5 Å². The van der Waals surface area contributed by atoms with Crippen molar-refractivity contribution in [1.82, 2.24) is 9.97 Å². The summed E-state index contributed by atoms with van der Waals surface area (Å²) in [4.78, 5) is 20.8. The Balaban J connectivity index is 1.85. The van der Waals surface area contributed by atoms with Gasteiger partial charge in [-0.3, -0.25) is 4.79 Å². The fourth-order valence-electron chi connectivity index (χ4n) is 2.24. The quantitative estimate of drug-likeness (QED) is 0.928. The summed E-state index contributed by atoms with van der Waals surface area (Å²) >= 11 is 0. The van der Waals surface area contributed by atoms with Gasteiger partial charge < -0.3 is 5.32 Å². The van der Waals surface area contributed by atoms with Crippen molar-refractivity contribution in [3.63, 3.8) is 0 Å². The zero-order valence-corrected chi connectivity index (χ0v) is 13.7. The van der Waals surface area contributed by atoms with E-state index < -0.39 is 15.7 Å². The van der Waals surface area contributed by atoms with Crippen LogP contribution in [0.1, 0.15) is 40.5 Å². The molecule has 1 N–H and O–H groups in total. The van der Waals surface area contributed by atoms with Gasteiger partial charge in [-0.1, -0.05) is 6.07 Å². The van der Waals surface area contributed by atoms with Crippen molar-refractivity contribution in [1.29, 1.82) is 0 Å². The predicted octanol–water partition coefficient (Wildman–Crippen LogP) is 2.32. The zero-order chi connectivity index (χ0) is 16.6. The van der Waals surface area contributed by atoms with Gasteiger partial charge in [-0.15, -0.1) is 0 Å². The van der Waals surface area contributed by atoms with Gasteiger partial charge in [0.25, 0.3) is 5.91 Å². The highest BCUT2D eigenvalue weighted by atomic mass is 32.2. The van der Waals surface area contributed by atoms with Crippen molar-refractivity contribution in [3.8, 4) is 0 Å². The Morgan fingerprint density at radius 2 is 1.87 bits per heavy atom. The molecule has 1 saturated carbocycles. The highest BCUT2D eigenvalue weighted by Gasteiger charge is 2.26. The van der Waals surface area contributed by atoms with Gasteiger partial charge in [0.15, 0.2) is 9.84 Å². The maximum atomic E-state index is 12.3. The van der Waals surface area contributed by atoms with Gasteiger partial charge in [-0.05, 0) is 37.5 Å². The lowest BCUT2D eigenvalue weighted by atomic mass is 10.2. The Morgan fingerprint density at radius 3 is 2.43 bits per heavy atom. The number of carbonyl (C=O) groups excluding carboxylic acids is 1. The number of benzene rings is 1. The van der Waals surface area contributed by atoms with E-state index in [2.05, 4.69) is 15.3 Å². The molecule has 1 aromatic heterocycles. The molecule has 1 aliphatic carbocycles. The second kappa shape index (κ2) is 5.73. The number of carbonyl (C=O) groups is 1. The average Bonchev–Trinajstić information content (AvgIpc) is 3.33. The van der Waals surface area contributed by atoms with Crippen LogP contribution in [0.2, 0.25) is 0 Å². The van der Waals surface area contributed by atoms with Crippen molar-refractivity contribution >= 4 is 21.4 Å². The number of aryl methyl sites for hydroxylation is 1. The third-order valence-electron chi connectivity index (χ3n) is 3.66. The molecule has 0 radical (unpaired) electrons. The molecule has 1 aromatic carbocycles. The summed E-state index contributed by atoms with van der Waals surface area (Å²) in [5.41, 5.74) is 1.37. The molecule has 1 aliphatic rings. The van der Waals surface area contributed by atoms with Gasteiger partial charge in [0.05, 0.1) is 16.1 Å². The first kappa shape index (κ1) is 15.6. The number of hydrogen-bond acceptors (Lipinski definition) is 5. The number of sulfone groups is 1. The molecule has 120 valence electrons. The number of nitrogens with zero attached hydrogens (tertiary/aromatic N) is 2. The maximum absolute atomic E-state index is 12.3. The number of nitrogens with one attached hydrogen (secondary N) is 1. The maximum Gasteiger partial charge on any atom is 0.258 e. The van der Waals surface area contributed by atoms with Crippen molar-refractivity contribution in [2.24, 2.45) is 0 Å². The third-order valence-corrected chi connectivity index (χ3v) is 4.80. The Bertz CT molecular complexity index is 857. The van der Waals surface area contributed by atoms with Crippen LogP contribution >= 0.6 is 0 Å². The molecule has 0 saturated heterocycles. The van der Waals surface area contributed by atoms with Gasteiger partial charge in [-0.25, -0.2) is 18.4 Å². The minimum atomic E-state index is -3.44. The summed E-state index contributed by atoms with van der Waals surface area (Å²) in [7, 11) is -3.44. The summed E-state index contributed by atoms with van der Waals surface area (Å²) in [6.07, 6.45) is 6.25. The van der Waals surface area contributed by atoms with Crippen molar-refractivity contribution < 1.29 is 13.2 Å². The lowest BCUT2D eigenvalue weighted by Crippen LogP contribution is -2.15. The summed E-state index contributed by atoms with van der Waals surface area (Å²) < 4.78 is 23.7. The second-order valence-electron chi connectivity index (χ2n) is 5.83. The minimum Gasteiger partial charge on any atom is -0.321 e. The molecule has 6 nitrogen and oxygen atoms in total. The van der Waals surface area contributed by atoms with Crippen LogP contribution in [0.4, 0.5) is 5.69 Å². The van der Waals surface area contributed by atoms with Crippen molar-refractivity contribution in [3.05, 3.63) is 47.5 Å². The normalized spacial score (nSPS) is 14.5. The molecule has 0 aliphatic heterocycles. The van der Waals surface area contributed by atoms with Crippen LogP contribution < -0.4 is 5.32 Å². The second-order valence-corrected chi connectivity index (χ2v) is 7.81. The van der Waals surface area contributed by atoms with E-state index in [0.29, 0.717) is 11.5 Å². The zero-order valence-electron chi connectivity index (χ0n) is 12.9. The monoisotopic (exact) mass is 331 g/mol. The van der Waals surface area contributed by atoms with Crippen molar-refractivity contribution in [2.45, 2.75) is 30.6 Å². The molecule has 0 unspecified atom stereocenters. The molecule has 3 rings (SSSR count). The molecule has 1 amide bonds. The molecule has 2 aromatic rings. The Hall–Kier alpha value is -2.28. The Kier molecular flexibility index (Phi) is 3.89. The van der Waals surface area contributed by atoms with Crippen LogP contribution in [0.5, 0.6) is 0 Å². The van der Waals surface area contributed by atoms with Crippen LogP contribution in [-0.2, 0) is 9.84 Å². The van der Waals surface area contributed by atoms with E-state index in [-0.39, 0.29) is 10.6 Å². The topological polar surface area (TPSA) is 89.0 Å².